The Kier molecular flexibility index (Phi) is 7.12. The molecular formula is C15H23NO. The lowest BCUT2D eigenvalue weighted by Gasteiger charge is -2.04. The van der Waals surface area contributed by atoms with Crippen LogP contribution in [0.3, 0.4) is 0 Å². The van der Waals surface area contributed by atoms with Gasteiger partial charge in [-0.25, -0.2) is 0 Å². The molecule has 1 amide bonds. The number of nitrogens with one attached hydrogen (secondary N) is 1. The van der Waals surface area contributed by atoms with Gasteiger partial charge < -0.3 is 5.32 Å². The van der Waals surface area contributed by atoms with E-state index in [1.165, 1.54) is 31.2 Å². The summed E-state index contributed by atoms with van der Waals surface area (Å²) in [6, 6.07) is 10.6. The summed E-state index contributed by atoms with van der Waals surface area (Å²) in [5.41, 5.74) is 1.42. The Morgan fingerprint density at radius 1 is 1.06 bits per heavy atom. The second-order valence-electron chi connectivity index (χ2n) is 4.35. The molecule has 1 aromatic carbocycles. The van der Waals surface area contributed by atoms with Crippen molar-refractivity contribution in [2.75, 3.05) is 6.54 Å². The molecule has 2 nitrogen and oxygen atoms in total. The molecule has 0 aliphatic heterocycles. The predicted molar refractivity (Wildman–Crippen MR) is 71.9 cm³/mol. The van der Waals surface area contributed by atoms with Gasteiger partial charge in [0.05, 0.1) is 0 Å². The number of amides is 1. The summed E-state index contributed by atoms with van der Waals surface area (Å²) in [6.45, 7) is 2.72. The van der Waals surface area contributed by atoms with Gasteiger partial charge in [-0.2, -0.15) is 0 Å². The topological polar surface area (TPSA) is 29.1 Å². The van der Waals surface area contributed by atoms with Crippen molar-refractivity contribution >= 4 is 5.91 Å². The van der Waals surface area contributed by atoms with E-state index < -0.39 is 0 Å². The average Bonchev–Trinajstić information content (AvgIpc) is 2.38. The smallest absolute Gasteiger partial charge is 0.219 e. The fraction of sp³-hybridized carbons (Fsp3) is 0.533. The van der Waals surface area contributed by atoms with Gasteiger partial charge in [0.1, 0.15) is 0 Å². The first kappa shape index (κ1) is 13.8. The standard InChI is InChI=1S/C15H23NO/c1-2-15(17)16-13-9-4-3-6-10-14-11-7-5-8-12-14/h5,7-8,11-12H,2-4,6,9-10,13H2,1H3,(H,16,17). The van der Waals surface area contributed by atoms with E-state index >= 15 is 0 Å². The first-order chi connectivity index (χ1) is 8.33. The van der Waals surface area contributed by atoms with Crippen LogP contribution in [0.5, 0.6) is 0 Å². The molecule has 17 heavy (non-hydrogen) atoms. The maximum absolute atomic E-state index is 11.0. The number of rotatable bonds is 8. The molecule has 0 atom stereocenters. The fourth-order valence-electron chi connectivity index (χ4n) is 1.81. The largest absolute Gasteiger partial charge is 0.356 e. The molecule has 1 rings (SSSR count). The normalized spacial score (nSPS) is 10.2. The Labute approximate surface area is 104 Å². The molecule has 0 saturated heterocycles. The van der Waals surface area contributed by atoms with Gasteiger partial charge in [0.25, 0.3) is 0 Å². The summed E-state index contributed by atoms with van der Waals surface area (Å²) in [4.78, 5) is 11.0. The van der Waals surface area contributed by atoms with Crippen molar-refractivity contribution in [2.45, 2.75) is 45.4 Å². The average molecular weight is 233 g/mol. The highest BCUT2D eigenvalue weighted by Gasteiger charge is 1.96. The number of benzene rings is 1. The van der Waals surface area contributed by atoms with E-state index in [4.69, 9.17) is 0 Å². The van der Waals surface area contributed by atoms with Crippen LogP contribution in [-0.2, 0) is 11.2 Å². The van der Waals surface area contributed by atoms with Crippen LogP contribution in [0.4, 0.5) is 0 Å². The number of carbonyl (C=O) groups excluding carboxylic acids is 1. The van der Waals surface area contributed by atoms with E-state index in [-0.39, 0.29) is 5.91 Å². The van der Waals surface area contributed by atoms with Gasteiger partial charge in [0, 0.05) is 13.0 Å². The molecule has 0 heterocycles. The van der Waals surface area contributed by atoms with Crippen molar-refractivity contribution < 1.29 is 4.79 Å². The molecule has 94 valence electrons. The van der Waals surface area contributed by atoms with Crippen LogP contribution >= 0.6 is 0 Å². The van der Waals surface area contributed by atoms with E-state index in [0.717, 1.165) is 13.0 Å². The lowest BCUT2D eigenvalue weighted by molar-refractivity contribution is -0.120. The molecule has 1 aromatic rings. The van der Waals surface area contributed by atoms with Gasteiger partial charge in [-0.15, -0.1) is 0 Å². The molecule has 0 bridgehead atoms. The molecule has 0 radical (unpaired) electrons. The van der Waals surface area contributed by atoms with Gasteiger partial charge in [-0.05, 0) is 24.8 Å². The summed E-state index contributed by atoms with van der Waals surface area (Å²) in [5.74, 6) is 0.161. The van der Waals surface area contributed by atoms with Crippen LogP contribution in [0, 0.1) is 0 Å². The third-order valence-electron chi connectivity index (χ3n) is 2.88. The zero-order valence-corrected chi connectivity index (χ0v) is 10.7. The van der Waals surface area contributed by atoms with Gasteiger partial charge in [0.2, 0.25) is 5.91 Å². The number of hydrogen-bond donors (Lipinski definition) is 1. The maximum Gasteiger partial charge on any atom is 0.219 e. The quantitative estimate of drug-likeness (QED) is 0.686. The first-order valence-corrected chi connectivity index (χ1v) is 6.63. The van der Waals surface area contributed by atoms with Crippen LogP contribution in [-0.4, -0.2) is 12.5 Å². The lowest BCUT2D eigenvalue weighted by Crippen LogP contribution is -2.23. The Hall–Kier alpha value is -1.31. The Morgan fingerprint density at radius 2 is 1.76 bits per heavy atom. The van der Waals surface area contributed by atoms with Crippen molar-refractivity contribution in [3.63, 3.8) is 0 Å². The SMILES string of the molecule is CCC(=O)NCCCCCCc1ccccc1. The zero-order valence-electron chi connectivity index (χ0n) is 10.7. The van der Waals surface area contributed by atoms with Crippen LogP contribution in [0.1, 0.15) is 44.6 Å². The van der Waals surface area contributed by atoms with Gasteiger partial charge in [-0.1, -0.05) is 50.1 Å². The van der Waals surface area contributed by atoms with Crippen LogP contribution < -0.4 is 5.32 Å². The zero-order chi connectivity index (χ0) is 12.3. The molecule has 0 spiro atoms. The Bertz CT molecular complexity index is 308. The molecule has 0 aromatic heterocycles. The first-order valence-electron chi connectivity index (χ1n) is 6.63. The lowest BCUT2D eigenvalue weighted by atomic mass is 10.1. The highest BCUT2D eigenvalue weighted by Crippen LogP contribution is 2.07. The molecule has 0 saturated carbocycles. The molecule has 0 aliphatic carbocycles. The summed E-state index contributed by atoms with van der Waals surface area (Å²) in [6.07, 6.45) is 6.55. The number of aryl methyl sites for hydroxylation is 1. The summed E-state index contributed by atoms with van der Waals surface area (Å²) < 4.78 is 0. The van der Waals surface area contributed by atoms with Crippen molar-refractivity contribution in [2.24, 2.45) is 0 Å². The fourth-order valence-corrected chi connectivity index (χ4v) is 1.81. The van der Waals surface area contributed by atoms with E-state index in [2.05, 4.69) is 35.6 Å². The Balaban J connectivity index is 1.93. The summed E-state index contributed by atoms with van der Waals surface area (Å²) in [7, 11) is 0. The highest BCUT2D eigenvalue weighted by atomic mass is 16.1. The van der Waals surface area contributed by atoms with Crippen LogP contribution in [0.15, 0.2) is 30.3 Å². The van der Waals surface area contributed by atoms with Crippen LogP contribution in [0.2, 0.25) is 0 Å². The molecule has 1 N–H and O–H groups in total. The third-order valence-corrected chi connectivity index (χ3v) is 2.88. The van der Waals surface area contributed by atoms with Crippen molar-refractivity contribution in [3.05, 3.63) is 35.9 Å². The Morgan fingerprint density at radius 3 is 2.47 bits per heavy atom. The van der Waals surface area contributed by atoms with Crippen molar-refractivity contribution in [1.29, 1.82) is 0 Å². The molecule has 0 aliphatic rings. The van der Waals surface area contributed by atoms with E-state index in [1.54, 1.807) is 0 Å². The number of hydrogen-bond acceptors (Lipinski definition) is 1. The maximum atomic E-state index is 11.0. The van der Waals surface area contributed by atoms with Crippen LogP contribution in [0.25, 0.3) is 0 Å². The van der Waals surface area contributed by atoms with E-state index in [1.807, 2.05) is 6.92 Å². The minimum absolute atomic E-state index is 0.161. The molecule has 0 unspecified atom stereocenters. The van der Waals surface area contributed by atoms with Crippen molar-refractivity contribution in [1.82, 2.24) is 5.32 Å². The number of carbonyl (C=O) groups is 1. The summed E-state index contributed by atoms with van der Waals surface area (Å²) >= 11 is 0. The molecule has 0 fully saturated rings. The van der Waals surface area contributed by atoms with E-state index in [0.29, 0.717) is 6.42 Å². The molecule has 2 heteroatoms. The second kappa shape index (κ2) is 8.80. The third kappa shape index (κ3) is 6.77. The van der Waals surface area contributed by atoms with Gasteiger partial charge in [-0.3, -0.25) is 4.79 Å². The second-order valence-corrected chi connectivity index (χ2v) is 4.35. The number of unbranched alkanes of at least 4 members (excludes halogenated alkanes) is 3. The van der Waals surface area contributed by atoms with E-state index in [9.17, 15) is 4.79 Å². The monoisotopic (exact) mass is 233 g/mol. The predicted octanol–water partition coefficient (Wildman–Crippen LogP) is 3.32. The van der Waals surface area contributed by atoms with Gasteiger partial charge in [0.15, 0.2) is 0 Å². The highest BCUT2D eigenvalue weighted by molar-refractivity contribution is 5.75. The van der Waals surface area contributed by atoms with Crippen molar-refractivity contribution in [3.8, 4) is 0 Å². The van der Waals surface area contributed by atoms with Gasteiger partial charge >= 0.3 is 0 Å². The molecular weight excluding hydrogens is 210 g/mol. The summed E-state index contributed by atoms with van der Waals surface area (Å²) in [5, 5.41) is 2.90. The minimum atomic E-state index is 0.161. The minimum Gasteiger partial charge on any atom is -0.356 e.